The highest BCUT2D eigenvalue weighted by Crippen LogP contribution is 2.17. The van der Waals surface area contributed by atoms with Crippen LogP contribution < -0.4 is 0 Å². The molecular weight excluding hydrogens is 372 g/mol. The molecule has 29 heavy (non-hydrogen) atoms. The molecule has 0 heterocycles. The average molecular weight is 405 g/mol. The first kappa shape index (κ1) is 23.5. The highest BCUT2D eigenvalue weighted by molar-refractivity contribution is 5.14. The summed E-state index contributed by atoms with van der Waals surface area (Å²) >= 11 is 0. The van der Waals surface area contributed by atoms with Gasteiger partial charge in [-0.1, -0.05) is 60.7 Å². The third kappa shape index (κ3) is 9.49. The van der Waals surface area contributed by atoms with Crippen LogP contribution in [0.3, 0.4) is 0 Å². The summed E-state index contributed by atoms with van der Waals surface area (Å²) in [6, 6.07) is 19.8. The zero-order chi connectivity index (χ0) is 20.6. The number of aliphatic hydroxyl groups excluding tert-OH is 2. The molecule has 0 radical (unpaired) electrons. The Hall–Kier alpha value is -1.80. The van der Waals surface area contributed by atoms with E-state index in [0.717, 1.165) is 11.1 Å². The lowest BCUT2D eigenvalue weighted by atomic mass is 9.92. The Labute approximate surface area is 173 Å². The number of hydrogen-bond donors (Lipinski definition) is 2. The van der Waals surface area contributed by atoms with Crippen LogP contribution in [0.1, 0.15) is 11.1 Å². The van der Waals surface area contributed by atoms with Crippen LogP contribution in [0.15, 0.2) is 60.7 Å². The lowest BCUT2D eigenvalue weighted by Crippen LogP contribution is -2.40. The average Bonchev–Trinajstić information content (AvgIpc) is 2.78. The Kier molecular flexibility index (Phi) is 11.5. The third-order valence-corrected chi connectivity index (χ3v) is 4.45. The molecule has 6 heteroatoms. The van der Waals surface area contributed by atoms with Gasteiger partial charge in [-0.25, -0.2) is 0 Å². The first-order valence-electron chi connectivity index (χ1n) is 9.88. The Morgan fingerprint density at radius 3 is 1.31 bits per heavy atom. The smallest absolute Gasteiger partial charge is 0.0718 e. The van der Waals surface area contributed by atoms with Crippen LogP contribution in [0.25, 0.3) is 0 Å². The van der Waals surface area contributed by atoms with Gasteiger partial charge in [-0.05, 0) is 11.1 Å². The molecule has 160 valence electrons. The molecule has 0 fully saturated rings. The van der Waals surface area contributed by atoms with E-state index in [0.29, 0.717) is 39.6 Å². The number of aliphatic hydroxyl groups is 2. The summed E-state index contributed by atoms with van der Waals surface area (Å²) < 4.78 is 22.3. The number of ether oxygens (including phenoxy) is 4. The molecular formula is C23H32O6. The molecule has 0 aliphatic carbocycles. The van der Waals surface area contributed by atoms with Gasteiger partial charge >= 0.3 is 0 Å². The molecule has 0 atom stereocenters. The van der Waals surface area contributed by atoms with Crippen molar-refractivity contribution in [1.29, 1.82) is 0 Å². The van der Waals surface area contributed by atoms with Crippen molar-refractivity contribution >= 4 is 0 Å². The van der Waals surface area contributed by atoms with Crippen LogP contribution in [-0.2, 0) is 32.2 Å². The van der Waals surface area contributed by atoms with Crippen LogP contribution in [0.5, 0.6) is 0 Å². The van der Waals surface area contributed by atoms with Gasteiger partial charge in [0, 0.05) is 0 Å². The molecule has 0 aromatic heterocycles. The lowest BCUT2D eigenvalue weighted by molar-refractivity contribution is -0.0902. The summed E-state index contributed by atoms with van der Waals surface area (Å²) in [6.45, 7) is 2.65. The molecule has 0 unspecified atom stereocenters. The minimum absolute atomic E-state index is 0.194. The maximum absolute atomic E-state index is 9.70. The maximum atomic E-state index is 9.70. The zero-order valence-electron chi connectivity index (χ0n) is 16.9. The molecule has 2 N–H and O–H groups in total. The quantitative estimate of drug-likeness (QED) is 0.419. The fourth-order valence-corrected chi connectivity index (χ4v) is 2.62. The second-order valence-corrected chi connectivity index (χ2v) is 7.00. The standard InChI is InChI=1S/C23H32O6/c24-17-23(18-25,19-28-13-11-26-15-21-7-3-1-4-8-21)20-29-14-12-27-16-22-9-5-2-6-10-22/h1-10,24-25H,11-20H2. The van der Waals surface area contributed by atoms with Crippen molar-refractivity contribution in [2.24, 2.45) is 5.41 Å². The second-order valence-electron chi connectivity index (χ2n) is 7.00. The Morgan fingerprint density at radius 2 is 0.931 bits per heavy atom. The van der Waals surface area contributed by atoms with E-state index in [1.54, 1.807) is 0 Å². The molecule has 0 aliphatic heterocycles. The Bertz CT molecular complexity index is 577. The third-order valence-electron chi connectivity index (χ3n) is 4.45. The Balaban J connectivity index is 1.55. The van der Waals surface area contributed by atoms with Crippen molar-refractivity contribution < 1.29 is 29.2 Å². The van der Waals surface area contributed by atoms with Gasteiger partial charge in [0.25, 0.3) is 0 Å². The van der Waals surface area contributed by atoms with E-state index in [-0.39, 0.29) is 26.4 Å². The van der Waals surface area contributed by atoms with E-state index in [1.807, 2.05) is 60.7 Å². The molecule has 0 amide bonds. The maximum Gasteiger partial charge on any atom is 0.0718 e. The lowest BCUT2D eigenvalue weighted by Gasteiger charge is -2.29. The second kappa shape index (κ2) is 14.2. The number of benzene rings is 2. The van der Waals surface area contributed by atoms with Gasteiger partial charge < -0.3 is 29.2 Å². The van der Waals surface area contributed by atoms with Gasteiger partial charge in [0.1, 0.15) is 0 Å². The highest BCUT2D eigenvalue weighted by Gasteiger charge is 2.29. The summed E-state index contributed by atoms with van der Waals surface area (Å²) in [6.07, 6.45) is 0. The van der Waals surface area contributed by atoms with E-state index < -0.39 is 5.41 Å². The van der Waals surface area contributed by atoms with Crippen molar-refractivity contribution in [2.75, 3.05) is 52.9 Å². The normalized spacial score (nSPS) is 11.7. The zero-order valence-corrected chi connectivity index (χ0v) is 16.9. The minimum Gasteiger partial charge on any atom is -0.396 e. The molecule has 0 aliphatic rings. The predicted molar refractivity (Wildman–Crippen MR) is 110 cm³/mol. The van der Waals surface area contributed by atoms with Crippen LogP contribution in [-0.4, -0.2) is 63.1 Å². The van der Waals surface area contributed by atoms with Crippen molar-refractivity contribution in [1.82, 2.24) is 0 Å². The summed E-state index contributed by atoms with van der Waals surface area (Å²) in [5.41, 5.74) is 1.38. The first-order valence-corrected chi connectivity index (χ1v) is 9.88. The summed E-state index contributed by atoms with van der Waals surface area (Å²) in [7, 11) is 0. The fraction of sp³-hybridized carbons (Fsp3) is 0.478. The van der Waals surface area contributed by atoms with E-state index >= 15 is 0 Å². The van der Waals surface area contributed by atoms with Crippen LogP contribution >= 0.6 is 0 Å². The molecule has 0 saturated carbocycles. The van der Waals surface area contributed by atoms with E-state index in [2.05, 4.69) is 0 Å². The molecule has 2 aromatic rings. The molecule has 2 rings (SSSR count). The van der Waals surface area contributed by atoms with Gasteiger partial charge in [0.2, 0.25) is 0 Å². The molecule has 2 aromatic carbocycles. The highest BCUT2D eigenvalue weighted by atomic mass is 16.5. The SMILES string of the molecule is OCC(CO)(COCCOCc1ccccc1)COCCOCc1ccccc1. The topological polar surface area (TPSA) is 77.4 Å². The van der Waals surface area contributed by atoms with E-state index in [1.165, 1.54) is 0 Å². The van der Waals surface area contributed by atoms with Crippen LogP contribution in [0.4, 0.5) is 0 Å². The van der Waals surface area contributed by atoms with Crippen molar-refractivity contribution in [3.05, 3.63) is 71.8 Å². The van der Waals surface area contributed by atoms with Gasteiger partial charge in [0.15, 0.2) is 0 Å². The van der Waals surface area contributed by atoms with E-state index in [4.69, 9.17) is 18.9 Å². The van der Waals surface area contributed by atoms with Gasteiger partial charge in [-0.2, -0.15) is 0 Å². The van der Waals surface area contributed by atoms with Gasteiger partial charge in [-0.15, -0.1) is 0 Å². The monoisotopic (exact) mass is 404 g/mol. The molecule has 0 bridgehead atoms. The molecule has 6 nitrogen and oxygen atoms in total. The summed E-state index contributed by atoms with van der Waals surface area (Å²) in [5, 5.41) is 19.4. The predicted octanol–water partition coefficient (Wildman–Crippen LogP) is 2.42. The van der Waals surface area contributed by atoms with Crippen molar-refractivity contribution in [3.63, 3.8) is 0 Å². The molecule has 0 saturated heterocycles. The van der Waals surface area contributed by atoms with E-state index in [9.17, 15) is 10.2 Å². The van der Waals surface area contributed by atoms with Gasteiger partial charge in [0.05, 0.1) is 71.5 Å². The first-order chi connectivity index (χ1) is 14.3. The minimum atomic E-state index is -0.834. The summed E-state index contributed by atoms with van der Waals surface area (Å²) in [5.74, 6) is 0. The fourth-order valence-electron chi connectivity index (χ4n) is 2.62. The van der Waals surface area contributed by atoms with Crippen molar-refractivity contribution in [2.45, 2.75) is 13.2 Å². The van der Waals surface area contributed by atoms with Crippen LogP contribution in [0, 0.1) is 5.41 Å². The van der Waals surface area contributed by atoms with Crippen LogP contribution in [0.2, 0.25) is 0 Å². The van der Waals surface area contributed by atoms with Gasteiger partial charge in [-0.3, -0.25) is 0 Å². The number of rotatable bonds is 16. The largest absolute Gasteiger partial charge is 0.396 e. The summed E-state index contributed by atoms with van der Waals surface area (Å²) in [4.78, 5) is 0. The number of hydrogen-bond acceptors (Lipinski definition) is 6. The molecule has 0 spiro atoms. The Morgan fingerprint density at radius 1 is 0.552 bits per heavy atom. The van der Waals surface area contributed by atoms with Crippen molar-refractivity contribution in [3.8, 4) is 0 Å².